The predicted molar refractivity (Wildman–Crippen MR) is 112 cm³/mol. The van der Waals surface area contributed by atoms with Crippen LogP contribution in [-0.4, -0.2) is 21.6 Å². The fraction of sp³-hybridized carbons (Fsp3) is 0.217. The number of nitrogens with one attached hydrogen (secondary N) is 1. The van der Waals surface area contributed by atoms with Gasteiger partial charge in [0.1, 0.15) is 11.9 Å². The second kappa shape index (κ2) is 8.88. The molecule has 0 saturated heterocycles. The topological polar surface area (TPSA) is 69.3 Å². The van der Waals surface area contributed by atoms with Crippen molar-refractivity contribution in [1.29, 1.82) is 0 Å². The molecule has 2 aromatic carbocycles. The van der Waals surface area contributed by atoms with Gasteiger partial charge < -0.3 is 13.7 Å². The summed E-state index contributed by atoms with van der Waals surface area (Å²) >= 11 is 0. The van der Waals surface area contributed by atoms with E-state index in [0.29, 0.717) is 11.3 Å². The van der Waals surface area contributed by atoms with Crippen LogP contribution >= 0.6 is 0 Å². The number of aromatic nitrogens is 2. The van der Waals surface area contributed by atoms with Gasteiger partial charge in [-0.2, -0.15) is 13.2 Å². The Morgan fingerprint density at radius 3 is 2.62 bits per heavy atom. The Morgan fingerprint density at radius 1 is 1.16 bits per heavy atom. The summed E-state index contributed by atoms with van der Waals surface area (Å²) in [5.74, 6) is 0.205. The lowest BCUT2D eigenvalue weighted by Crippen LogP contribution is -2.29. The summed E-state index contributed by atoms with van der Waals surface area (Å²) in [6.07, 6.45) is -3.81. The first kappa shape index (κ1) is 21.6. The Kier molecular flexibility index (Phi) is 6.00. The van der Waals surface area contributed by atoms with E-state index in [9.17, 15) is 18.0 Å². The van der Waals surface area contributed by atoms with E-state index in [1.165, 1.54) is 12.3 Å². The Labute approximate surface area is 181 Å². The predicted octanol–water partition coefficient (Wildman–Crippen LogP) is 5.24. The molecule has 0 spiro atoms. The molecule has 0 aliphatic rings. The fourth-order valence-electron chi connectivity index (χ4n) is 3.20. The molecule has 0 saturated carbocycles. The first-order valence-electron chi connectivity index (χ1n) is 9.87. The average Bonchev–Trinajstić information content (AvgIpc) is 3.40. The van der Waals surface area contributed by atoms with Gasteiger partial charge in [0.25, 0.3) is 5.91 Å². The van der Waals surface area contributed by atoms with Crippen LogP contribution in [0.1, 0.15) is 23.8 Å². The van der Waals surface area contributed by atoms with E-state index in [-0.39, 0.29) is 24.6 Å². The summed E-state index contributed by atoms with van der Waals surface area (Å²) in [5.41, 5.74) is 0.643. The average molecular weight is 443 g/mol. The summed E-state index contributed by atoms with van der Waals surface area (Å²) in [5, 5.41) is 2.67. The van der Waals surface area contributed by atoms with Crippen molar-refractivity contribution < 1.29 is 27.1 Å². The zero-order valence-electron chi connectivity index (χ0n) is 17.1. The first-order valence-corrected chi connectivity index (χ1v) is 9.87. The molecular weight excluding hydrogens is 423 g/mol. The molecule has 32 heavy (non-hydrogen) atoms. The number of halogens is 3. The third-order valence-corrected chi connectivity index (χ3v) is 4.92. The molecule has 2 aromatic heterocycles. The number of hydrogen-bond donors (Lipinski definition) is 1. The number of amides is 1. The minimum atomic E-state index is -4.50. The van der Waals surface area contributed by atoms with Crippen LogP contribution in [0.5, 0.6) is 0 Å². The molecule has 9 heteroatoms. The Bertz CT molecular complexity index is 1200. The number of hydrogen-bond acceptors (Lipinski definition) is 4. The van der Waals surface area contributed by atoms with Gasteiger partial charge in [-0.3, -0.25) is 10.1 Å². The standard InChI is InChI=1S/C23H20F3N3O3/c1-15(32-14-16-6-3-2-4-7-16)21(30)28-22-27-19-12-17(23(24,25)26)9-10-20(19)29(22)13-18-8-5-11-31-18/h2-12,15H,13-14H2,1H3,(H,27,28,30). The lowest BCUT2D eigenvalue weighted by molar-refractivity contribution is -0.137. The Morgan fingerprint density at radius 2 is 1.94 bits per heavy atom. The molecule has 166 valence electrons. The molecule has 0 aliphatic carbocycles. The van der Waals surface area contributed by atoms with Crippen molar-refractivity contribution in [2.75, 3.05) is 5.32 Å². The summed E-state index contributed by atoms with van der Waals surface area (Å²) in [6, 6.07) is 16.1. The van der Waals surface area contributed by atoms with E-state index < -0.39 is 23.8 Å². The van der Waals surface area contributed by atoms with Crippen LogP contribution in [0.2, 0.25) is 0 Å². The number of carbonyl (C=O) groups excluding carboxylic acids is 1. The number of benzene rings is 2. The van der Waals surface area contributed by atoms with Gasteiger partial charge in [0.2, 0.25) is 5.95 Å². The normalized spacial score (nSPS) is 12.8. The highest BCUT2D eigenvalue weighted by molar-refractivity contribution is 5.94. The lowest BCUT2D eigenvalue weighted by atomic mass is 10.2. The Hall–Kier alpha value is -3.59. The van der Waals surface area contributed by atoms with E-state index in [2.05, 4.69) is 10.3 Å². The maximum Gasteiger partial charge on any atom is 0.416 e. The van der Waals surface area contributed by atoms with Crippen LogP contribution < -0.4 is 5.32 Å². The first-order chi connectivity index (χ1) is 15.3. The van der Waals surface area contributed by atoms with Gasteiger partial charge in [-0.1, -0.05) is 30.3 Å². The summed E-state index contributed by atoms with van der Waals surface area (Å²) in [7, 11) is 0. The number of rotatable bonds is 7. The highest BCUT2D eigenvalue weighted by atomic mass is 19.4. The van der Waals surface area contributed by atoms with Crippen LogP contribution in [0.15, 0.2) is 71.3 Å². The van der Waals surface area contributed by atoms with E-state index in [4.69, 9.17) is 9.15 Å². The zero-order chi connectivity index (χ0) is 22.7. The van der Waals surface area contributed by atoms with Gasteiger partial charge in [0, 0.05) is 0 Å². The van der Waals surface area contributed by atoms with Crippen molar-refractivity contribution in [2.45, 2.75) is 32.4 Å². The minimum absolute atomic E-state index is 0.107. The van der Waals surface area contributed by atoms with Crippen molar-refractivity contribution in [3.05, 3.63) is 83.8 Å². The molecule has 0 fully saturated rings. The monoisotopic (exact) mass is 443 g/mol. The Balaban J connectivity index is 1.58. The molecule has 2 heterocycles. The largest absolute Gasteiger partial charge is 0.467 e. The number of imidazole rings is 1. The molecule has 1 unspecified atom stereocenters. The highest BCUT2D eigenvalue weighted by Gasteiger charge is 2.31. The van der Waals surface area contributed by atoms with Crippen LogP contribution in [0.25, 0.3) is 11.0 Å². The summed E-state index contributed by atoms with van der Waals surface area (Å²) < 4.78 is 52.0. The number of carbonyl (C=O) groups is 1. The highest BCUT2D eigenvalue weighted by Crippen LogP contribution is 2.32. The number of fused-ring (bicyclic) bond motifs is 1. The molecule has 1 amide bonds. The van der Waals surface area contributed by atoms with Gasteiger partial charge in [-0.05, 0) is 42.8 Å². The zero-order valence-corrected chi connectivity index (χ0v) is 17.1. The number of furan rings is 1. The van der Waals surface area contributed by atoms with Gasteiger partial charge >= 0.3 is 6.18 Å². The number of nitrogens with zero attached hydrogens (tertiary/aromatic N) is 2. The molecule has 0 aliphatic heterocycles. The van der Waals surface area contributed by atoms with Crippen molar-refractivity contribution in [1.82, 2.24) is 9.55 Å². The molecule has 0 radical (unpaired) electrons. The number of ether oxygens (including phenoxy) is 1. The lowest BCUT2D eigenvalue weighted by Gasteiger charge is -2.14. The van der Waals surface area contributed by atoms with Crippen LogP contribution in [0.4, 0.5) is 19.1 Å². The summed E-state index contributed by atoms with van der Waals surface area (Å²) in [4.78, 5) is 16.9. The van der Waals surface area contributed by atoms with Crippen molar-refractivity contribution in [3.63, 3.8) is 0 Å². The van der Waals surface area contributed by atoms with Crippen molar-refractivity contribution in [2.24, 2.45) is 0 Å². The SMILES string of the molecule is CC(OCc1ccccc1)C(=O)Nc1nc2cc(C(F)(F)F)ccc2n1Cc1ccco1. The van der Waals surface area contributed by atoms with Gasteiger partial charge in [-0.15, -0.1) is 0 Å². The maximum absolute atomic E-state index is 13.1. The van der Waals surface area contributed by atoms with Crippen LogP contribution in [-0.2, 0) is 28.9 Å². The van der Waals surface area contributed by atoms with Crippen LogP contribution in [0.3, 0.4) is 0 Å². The molecule has 4 aromatic rings. The second-order valence-electron chi connectivity index (χ2n) is 7.23. The van der Waals surface area contributed by atoms with E-state index >= 15 is 0 Å². The minimum Gasteiger partial charge on any atom is -0.467 e. The molecular formula is C23H20F3N3O3. The van der Waals surface area contributed by atoms with Crippen LogP contribution in [0, 0.1) is 0 Å². The molecule has 4 rings (SSSR count). The quantitative estimate of drug-likeness (QED) is 0.424. The summed E-state index contributed by atoms with van der Waals surface area (Å²) in [6.45, 7) is 2.02. The third kappa shape index (κ3) is 4.83. The van der Waals surface area contributed by atoms with Gasteiger partial charge in [-0.25, -0.2) is 4.98 Å². The second-order valence-corrected chi connectivity index (χ2v) is 7.23. The van der Waals surface area contributed by atoms with E-state index in [1.807, 2.05) is 30.3 Å². The molecule has 1 N–H and O–H groups in total. The molecule has 0 bridgehead atoms. The fourth-order valence-corrected chi connectivity index (χ4v) is 3.20. The number of alkyl halides is 3. The molecule has 1 atom stereocenters. The van der Waals surface area contributed by atoms with Gasteiger partial charge in [0.15, 0.2) is 0 Å². The smallest absolute Gasteiger partial charge is 0.416 e. The number of anilines is 1. The van der Waals surface area contributed by atoms with E-state index in [0.717, 1.165) is 17.7 Å². The van der Waals surface area contributed by atoms with Crippen molar-refractivity contribution in [3.8, 4) is 0 Å². The van der Waals surface area contributed by atoms with E-state index in [1.54, 1.807) is 23.6 Å². The van der Waals surface area contributed by atoms with Crippen molar-refractivity contribution >= 4 is 22.9 Å². The maximum atomic E-state index is 13.1. The third-order valence-electron chi connectivity index (χ3n) is 4.92. The molecule has 6 nitrogen and oxygen atoms in total. The van der Waals surface area contributed by atoms with Gasteiger partial charge in [0.05, 0.1) is 36.0 Å².